The fraction of sp³-hybridized carbons (Fsp3) is 0.182. The molecule has 1 aromatic carbocycles. The number of hydrogen-bond acceptors (Lipinski definition) is 12. The van der Waals surface area contributed by atoms with E-state index >= 15 is 0 Å². The Balaban J connectivity index is 1.56. The average molecular weight is 480 g/mol. The van der Waals surface area contributed by atoms with Crippen molar-refractivity contribution < 1.29 is 18.9 Å². The maximum absolute atomic E-state index is 6.22. The Morgan fingerprint density at radius 1 is 0.853 bits per heavy atom. The Kier molecular flexibility index (Phi) is 7.50. The third kappa shape index (κ3) is 5.59. The second-order valence-electron chi connectivity index (χ2n) is 6.49. The van der Waals surface area contributed by atoms with Crippen molar-refractivity contribution in [3.8, 4) is 40.8 Å². The lowest BCUT2D eigenvalue weighted by atomic mass is 10.3. The van der Waals surface area contributed by atoms with Gasteiger partial charge in [0.1, 0.15) is 13.2 Å². The van der Waals surface area contributed by atoms with Gasteiger partial charge in [-0.2, -0.15) is 4.98 Å². The SMILES string of the molecule is COc1ccccc1Oc1c(N)nc(-c2ncccn2)nc1OCCOc1ncc(SC)cn1. The van der Waals surface area contributed by atoms with E-state index in [0.29, 0.717) is 17.3 Å². The molecule has 0 bridgehead atoms. The van der Waals surface area contributed by atoms with E-state index in [1.165, 1.54) is 0 Å². The third-order valence-corrected chi connectivity index (χ3v) is 4.98. The summed E-state index contributed by atoms with van der Waals surface area (Å²) < 4.78 is 22.7. The Hall–Kier alpha value is -4.19. The van der Waals surface area contributed by atoms with E-state index in [1.54, 1.807) is 67.9 Å². The van der Waals surface area contributed by atoms with Crippen LogP contribution in [0.3, 0.4) is 0 Å². The van der Waals surface area contributed by atoms with E-state index in [9.17, 15) is 0 Å². The summed E-state index contributed by atoms with van der Waals surface area (Å²) in [5.74, 6) is 1.70. The Morgan fingerprint density at radius 3 is 2.26 bits per heavy atom. The minimum atomic E-state index is 0.0512. The lowest BCUT2D eigenvalue weighted by molar-refractivity contribution is 0.197. The molecular weight excluding hydrogens is 458 g/mol. The molecule has 2 N–H and O–H groups in total. The van der Waals surface area contributed by atoms with Gasteiger partial charge in [-0.3, -0.25) is 0 Å². The molecule has 4 aromatic rings. The van der Waals surface area contributed by atoms with E-state index in [4.69, 9.17) is 24.7 Å². The maximum atomic E-state index is 6.22. The quantitative estimate of drug-likeness (QED) is 0.263. The minimum absolute atomic E-state index is 0.0512. The number of rotatable bonds is 10. The van der Waals surface area contributed by atoms with Crippen molar-refractivity contribution >= 4 is 17.6 Å². The van der Waals surface area contributed by atoms with Crippen LogP contribution in [0.5, 0.6) is 29.1 Å². The molecular formula is C22H21N7O4S. The van der Waals surface area contributed by atoms with Crippen LogP contribution in [0.1, 0.15) is 0 Å². The molecule has 0 amide bonds. The van der Waals surface area contributed by atoms with Crippen molar-refractivity contribution in [2.45, 2.75) is 4.90 Å². The van der Waals surface area contributed by atoms with Crippen LogP contribution in [0.15, 0.2) is 60.0 Å². The van der Waals surface area contributed by atoms with Gasteiger partial charge in [-0.05, 0) is 24.5 Å². The van der Waals surface area contributed by atoms with Crippen molar-refractivity contribution in [1.29, 1.82) is 0 Å². The van der Waals surface area contributed by atoms with E-state index in [-0.39, 0.29) is 42.5 Å². The first-order valence-corrected chi connectivity index (χ1v) is 11.3. The van der Waals surface area contributed by atoms with Crippen molar-refractivity contribution in [3.63, 3.8) is 0 Å². The van der Waals surface area contributed by atoms with Gasteiger partial charge >= 0.3 is 6.01 Å². The molecule has 34 heavy (non-hydrogen) atoms. The normalized spacial score (nSPS) is 10.5. The second-order valence-corrected chi connectivity index (χ2v) is 7.37. The summed E-state index contributed by atoms with van der Waals surface area (Å²) >= 11 is 1.54. The van der Waals surface area contributed by atoms with Crippen LogP contribution < -0.4 is 24.7 Å². The van der Waals surface area contributed by atoms with Crippen LogP contribution in [0.4, 0.5) is 5.82 Å². The average Bonchev–Trinajstić information content (AvgIpc) is 2.89. The summed E-state index contributed by atoms with van der Waals surface area (Å²) in [5.41, 5.74) is 6.22. The van der Waals surface area contributed by atoms with Gasteiger partial charge in [0, 0.05) is 29.7 Å². The summed E-state index contributed by atoms with van der Waals surface area (Å²) in [6.07, 6.45) is 8.48. The predicted molar refractivity (Wildman–Crippen MR) is 125 cm³/mol. The fourth-order valence-electron chi connectivity index (χ4n) is 2.72. The van der Waals surface area contributed by atoms with Crippen LogP contribution in [0.25, 0.3) is 11.6 Å². The highest BCUT2D eigenvalue weighted by Crippen LogP contribution is 2.39. The molecule has 0 aliphatic carbocycles. The van der Waals surface area contributed by atoms with Crippen molar-refractivity contribution in [3.05, 3.63) is 55.1 Å². The molecule has 0 saturated heterocycles. The van der Waals surface area contributed by atoms with Gasteiger partial charge in [0.25, 0.3) is 5.88 Å². The van der Waals surface area contributed by atoms with Crippen LogP contribution in [0.2, 0.25) is 0 Å². The number of anilines is 1. The largest absolute Gasteiger partial charge is 0.493 e. The number of hydrogen-bond donors (Lipinski definition) is 1. The monoisotopic (exact) mass is 479 g/mol. The summed E-state index contributed by atoms with van der Waals surface area (Å²) in [6.45, 7) is 0.273. The minimum Gasteiger partial charge on any atom is -0.493 e. The number of benzene rings is 1. The number of nitrogen functional groups attached to an aromatic ring is 1. The van der Waals surface area contributed by atoms with Crippen LogP contribution >= 0.6 is 11.8 Å². The van der Waals surface area contributed by atoms with Crippen LogP contribution in [-0.4, -0.2) is 56.5 Å². The Bertz CT molecular complexity index is 1230. The molecule has 11 nitrogen and oxygen atoms in total. The molecule has 0 aliphatic heterocycles. The third-order valence-electron chi connectivity index (χ3n) is 4.30. The highest BCUT2D eigenvalue weighted by molar-refractivity contribution is 7.98. The Labute approximate surface area is 199 Å². The molecule has 4 rings (SSSR count). The van der Waals surface area contributed by atoms with E-state index < -0.39 is 0 Å². The molecule has 3 aromatic heterocycles. The first-order valence-electron chi connectivity index (χ1n) is 10.1. The summed E-state index contributed by atoms with van der Waals surface area (Å²) in [4.78, 5) is 26.3. The second kappa shape index (κ2) is 11.1. The molecule has 0 saturated carbocycles. The highest BCUT2D eigenvalue weighted by atomic mass is 32.2. The summed E-state index contributed by atoms with van der Waals surface area (Å²) in [7, 11) is 1.54. The van der Waals surface area contributed by atoms with Gasteiger partial charge in [0.05, 0.1) is 7.11 Å². The molecule has 0 unspecified atom stereocenters. The smallest absolute Gasteiger partial charge is 0.316 e. The maximum Gasteiger partial charge on any atom is 0.316 e. The van der Waals surface area contributed by atoms with Gasteiger partial charge in [0.15, 0.2) is 23.1 Å². The number of aromatic nitrogens is 6. The lowest BCUT2D eigenvalue weighted by Gasteiger charge is -2.15. The predicted octanol–water partition coefficient (Wildman–Crippen LogP) is 3.29. The first kappa shape index (κ1) is 23.0. The zero-order valence-electron chi connectivity index (χ0n) is 18.4. The molecule has 0 aliphatic rings. The standard InChI is InChI=1S/C22H21N7O4S/c1-30-15-6-3-4-7-16(15)33-17-18(23)28-20(19-24-8-5-9-25-19)29-21(17)31-10-11-32-22-26-12-14(34-2)13-27-22/h3-9,12-13H,10-11H2,1-2H3,(H2,23,28,29). The first-order chi connectivity index (χ1) is 16.7. The van der Waals surface area contributed by atoms with Gasteiger partial charge in [-0.1, -0.05) is 12.1 Å². The van der Waals surface area contributed by atoms with E-state index in [1.807, 2.05) is 12.3 Å². The van der Waals surface area contributed by atoms with Crippen molar-refractivity contribution in [2.24, 2.45) is 0 Å². The summed E-state index contributed by atoms with van der Waals surface area (Å²) in [5, 5.41) is 0. The van der Waals surface area contributed by atoms with E-state index in [2.05, 4.69) is 29.9 Å². The Morgan fingerprint density at radius 2 is 1.56 bits per heavy atom. The van der Waals surface area contributed by atoms with Gasteiger partial charge in [0.2, 0.25) is 11.6 Å². The molecule has 0 atom stereocenters. The topological polar surface area (TPSA) is 140 Å². The highest BCUT2D eigenvalue weighted by Gasteiger charge is 2.20. The van der Waals surface area contributed by atoms with Crippen LogP contribution in [0, 0.1) is 0 Å². The van der Waals surface area contributed by atoms with Gasteiger partial charge < -0.3 is 24.7 Å². The lowest BCUT2D eigenvalue weighted by Crippen LogP contribution is -2.13. The van der Waals surface area contributed by atoms with Crippen molar-refractivity contribution in [2.75, 3.05) is 32.3 Å². The van der Waals surface area contributed by atoms with Gasteiger partial charge in [-0.25, -0.2) is 24.9 Å². The number of thioether (sulfide) groups is 1. The zero-order chi connectivity index (χ0) is 23.8. The molecule has 174 valence electrons. The molecule has 3 heterocycles. The van der Waals surface area contributed by atoms with E-state index in [0.717, 1.165) is 4.90 Å². The number of nitrogens with two attached hydrogens (primary N) is 1. The molecule has 0 radical (unpaired) electrons. The number of methoxy groups -OCH3 is 1. The van der Waals surface area contributed by atoms with Crippen molar-refractivity contribution in [1.82, 2.24) is 29.9 Å². The number of nitrogens with zero attached hydrogens (tertiary/aromatic N) is 6. The molecule has 0 spiro atoms. The number of ether oxygens (including phenoxy) is 4. The van der Waals surface area contributed by atoms with Gasteiger partial charge in [-0.15, -0.1) is 11.8 Å². The molecule has 0 fully saturated rings. The number of para-hydroxylation sites is 2. The zero-order valence-corrected chi connectivity index (χ0v) is 19.2. The van der Waals surface area contributed by atoms with Crippen LogP contribution in [-0.2, 0) is 0 Å². The summed E-state index contributed by atoms with van der Waals surface area (Å²) in [6, 6.07) is 9.05. The fourth-order valence-corrected chi connectivity index (χ4v) is 3.04. The molecule has 12 heteroatoms.